The molecule has 17 N–H and O–H groups in total. The molecule has 12 saturated carbocycles. The standard InChI is InChI=1S/C15H18O6.C14H14O8.C14H16O6.C12H16O6.C9H10O5.C8H8O6.CO2/c1-5-10-6-3-8(13(10)11(5)15(20)21-2)12(14(18)19)7(6)4-9(16)17;15-3-22-12-10-4-1-6(9(10)11(12)14(20)21)8(13(18)19)5(4)2-7(16)17;15-6-2-4-3-1-5(7(4)12(6)16)9-8(3)10(13(17)18)11(9)14(19)20;13-6-2-4-3-1-5(7(4)10(6)14)9(12(17)18)8(3)11(15)16;10-6-2-1-3-5(4(2)8(11)12)9(13)14-7(3)6;9-3-4-1(7(10)11)2-5(13-4)6(3)14-8(2)12;2-1-3/h6-8,10,12-13H,3-4H2,1-2H3,(H,16,17)(H,18,19);3-6,8-10H,1-2H2,(H,16,17)(H,18,19)(H,20,21);3-9,12,15-16H,1-2H2,(H,17,18)(H,19,20);3-10,13-14H,1-2H2,(H,15,16)(H,17,18);2-7,10H,1H2,(H,11,12);1-6,9H,(H,10,11);. The number of methoxy groups -OCH3 is 1. The van der Waals surface area contributed by atoms with Gasteiger partial charge < -0.3 is 110 Å². The van der Waals surface area contributed by atoms with Crippen molar-refractivity contribution < 1.29 is 192 Å². The molecule has 4 saturated heterocycles. The maximum Gasteiger partial charge on any atom is 0.373 e. The van der Waals surface area contributed by atoms with E-state index >= 15 is 0 Å². The summed E-state index contributed by atoms with van der Waals surface area (Å²) in [6.45, 7) is 2.03. The number of carboxylic acids is 11. The van der Waals surface area contributed by atoms with Gasteiger partial charge in [0.1, 0.15) is 42.0 Å². The van der Waals surface area contributed by atoms with Crippen LogP contribution in [-0.2, 0) is 105 Å². The third-order valence-corrected chi connectivity index (χ3v) is 29.5. The summed E-state index contributed by atoms with van der Waals surface area (Å²) in [7, 11) is 1.32. The minimum atomic E-state index is -1.22. The van der Waals surface area contributed by atoms with Gasteiger partial charge in [-0.1, -0.05) is 5.57 Å². The van der Waals surface area contributed by atoms with Crippen molar-refractivity contribution in [3.63, 3.8) is 0 Å². The number of carboxylic acid groups (broad SMARTS) is 11. The molecule has 39 heteroatoms. The van der Waals surface area contributed by atoms with Crippen LogP contribution in [0.3, 0.4) is 0 Å². The van der Waals surface area contributed by atoms with Crippen LogP contribution in [0.25, 0.3) is 0 Å². The molecule has 112 heavy (non-hydrogen) atoms. The number of hydrogen-bond donors (Lipinski definition) is 17. The lowest BCUT2D eigenvalue weighted by molar-refractivity contribution is -0.192. The second-order valence-corrected chi connectivity index (χ2v) is 33.1. The normalized spacial score (nSPS) is 46.2. The number of carbonyl (C=O) groups excluding carboxylic acids is 6. The van der Waals surface area contributed by atoms with Crippen LogP contribution in [0.4, 0.5) is 0 Å². The molecule has 19 rings (SSSR count). The molecule has 0 radical (unpaired) electrons. The highest BCUT2D eigenvalue weighted by atomic mass is 16.6. The largest absolute Gasteiger partial charge is 0.481 e. The Morgan fingerprint density at radius 2 is 0.804 bits per heavy atom. The van der Waals surface area contributed by atoms with E-state index in [9.17, 15) is 138 Å². The predicted octanol–water partition coefficient (Wildman–Crippen LogP) is -2.52. The molecule has 0 aromatic heterocycles. The maximum absolute atomic E-state index is 11.8. The molecule has 12 bridgehead atoms. The number of rotatable bonds is 16. The lowest BCUT2D eigenvalue weighted by Gasteiger charge is -2.47. The Kier molecular flexibility index (Phi) is 21.1. The summed E-state index contributed by atoms with van der Waals surface area (Å²) in [5, 5.41) is 160. The van der Waals surface area contributed by atoms with Crippen molar-refractivity contribution in [2.24, 2.45) is 178 Å². The monoisotopic (exact) mass is 1580 g/mol. The van der Waals surface area contributed by atoms with Gasteiger partial charge in [0.15, 0.2) is 6.10 Å². The van der Waals surface area contributed by atoms with Gasteiger partial charge >= 0.3 is 89.7 Å². The first-order valence-corrected chi connectivity index (χ1v) is 36.8. The lowest BCUT2D eigenvalue weighted by atomic mass is 9.56. The average molecular weight is 1580 g/mol. The summed E-state index contributed by atoms with van der Waals surface area (Å²) in [6.07, 6.45) is -3.67. The van der Waals surface area contributed by atoms with Crippen molar-refractivity contribution in [3.8, 4) is 0 Å². The van der Waals surface area contributed by atoms with Crippen molar-refractivity contribution >= 4 is 96.2 Å². The molecular formula is C73H82O39. The molecule has 40 atom stereocenters. The summed E-state index contributed by atoms with van der Waals surface area (Å²) >= 11 is 0. The minimum Gasteiger partial charge on any atom is -0.481 e. The van der Waals surface area contributed by atoms with E-state index < -0.39 is 204 Å². The van der Waals surface area contributed by atoms with E-state index in [1.54, 1.807) is 0 Å². The van der Waals surface area contributed by atoms with E-state index in [2.05, 4.69) is 0 Å². The number of carbonyl (C=O) groups is 15. The van der Waals surface area contributed by atoms with Crippen LogP contribution < -0.4 is 0 Å². The first-order valence-electron chi connectivity index (χ1n) is 36.8. The number of aliphatic hydroxyl groups excluding tert-OH is 6. The molecule has 0 aromatic carbocycles. The van der Waals surface area contributed by atoms with Gasteiger partial charge in [0.2, 0.25) is 0 Å². The Morgan fingerprint density at radius 1 is 0.393 bits per heavy atom. The second-order valence-electron chi connectivity index (χ2n) is 33.1. The fourth-order valence-corrected chi connectivity index (χ4v) is 26.4. The summed E-state index contributed by atoms with van der Waals surface area (Å²) in [4.78, 5) is 185. The zero-order valence-corrected chi connectivity index (χ0v) is 59.1. The number of aliphatic carboxylic acids is 11. The number of esters is 3. The fraction of sp³-hybridized carbons (Fsp3) is 0.699. The highest BCUT2D eigenvalue weighted by molar-refractivity contribution is 6.03. The highest BCUT2D eigenvalue weighted by Gasteiger charge is 2.75. The molecule has 0 amide bonds. The molecule has 15 aliphatic carbocycles. The number of aliphatic hydroxyl groups is 6. The Morgan fingerprint density at radius 3 is 1.28 bits per heavy atom. The quantitative estimate of drug-likeness (QED) is 0.0431. The van der Waals surface area contributed by atoms with Crippen LogP contribution in [0.1, 0.15) is 64.7 Å². The van der Waals surface area contributed by atoms with Crippen molar-refractivity contribution in [3.05, 3.63) is 33.6 Å². The van der Waals surface area contributed by atoms with Crippen LogP contribution in [0.15, 0.2) is 33.6 Å². The molecule has 39 nitrogen and oxygen atoms in total. The molecule has 4 heterocycles. The molecule has 0 spiro atoms. The maximum atomic E-state index is 11.8. The molecule has 40 unspecified atom stereocenters. The van der Waals surface area contributed by atoms with Crippen LogP contribution in [-0.4, -0.2) is 251 Å². The van der Waals surface area contributed by atoms with E-state index in [0.717, 1.165) is 12.0 Å². The Bertz CT molecular complexity index is 4120. The summed E-state index contributed by atoms with van der Waals surface area (Å²) in [6, 6.07) is 0. The van der Waals surface area contributed by atoms with Gasteiger partial charge in [-0.2, -0.15) is 9.59 Å². The zero-order chi connectivity index (χ0) is 82.0. The average Bonchev–Trinajstić information content (AvgIpc) is 1.51. The van der Waals surface area contributed by atoms with Gasteiger partial charge in [0.25, 0.3) is 6.47 Å². The fourth-order valence-electron chi connectivity index (χ4n) is 26.4. The summed E-state index contributed by atoms with van der Waals surface area (Å²) < 4.78 is 24.7. The molecule has 608 valence electrons. The van der Waals surface area contributed by atoms with Crippen LogP contribution in [0.5, 0.6) is 0 Å². The first kappa shape index (κ1) is 80.4. The van der Waals surface area contributed by atoms with Gasteiger partial charge in [0, 0.05) is 59.8 Å². The smallest absolute Gasteiger partial charge is 0.373 e. The highest BCUT2D eigenvalue weighted by Crippen LogP contribution is 2.73. The van der Waals surface area contributed by atoms with Gasteiger partial charge in [-0.05, 0) is 141 Å². The van der Waals surface area contributed by atoms with E-state index in [4.69, 9.17) is 53.7 Å². The van der Waals surface area contributed by atoms with Gasteiger partial charge in [0.05, 0.1) is 89.9 Å². The number of allylic oxidation sites excluding steroid dienone is 2. The predicted molar refractivity (Wildman–Crippen MR) is 346 cm³/mol. The Hall–Kier alpha value is -9.63. The van der Waals surface area contributed by atoms with Gasteiger partial charge in [-0.25, -0.2) is 19.2 Å². The number of hydrogen-bond acceptors (Lipinski definition) is 28. The van der Waals surface area contributed by atoms with Crippen molar-refractivity contribution in [2.75, 3.05) is 7.11 Å². The Balaban J connectivity index is 0.000000118. The molecule has 16 fully saturated rings. The van der Waals surface area contributed by atoms with E-state index in [1.807, 2.05) is 6.92 Å². The third-order valence-electron chi connectivity index (χ3n) is 29.5. The van der Waals surface area contributed by atoms with E-state index in [1.165, 1.54) is 7.11 Å². The molecule has 19 aliphatic rings. The lowest BCUT2D eigenvalue weighted by Crippen LogP contribution is -2.48. The molecule has 4 aliphatic heterocycles. The van der Waals surface area contributed by atoms with E-state index in [0.29, 0.717) is 44.1 Å². The molecular weight excluding hydrogens is 1500 g/mol. The molecule has 0 aromatic rings. The van der Waals surface area contributed by atoms with Crippen LogP contribution in [0.2, 0.25) is 0 Å². The van der Waals surface area contributed by atoms with Crippen LogP contribution >= 0.6 is 0 Å². The van der Waals surface area contributed by atoms with Gasteiger partial charge in [-0.3, -0.25) is 52.7 Å². The van der Waals surface area contributed by atoms with Crippen LogP contribution in [0, 0.1) is 178 Å². The SMILES string of the molecule is COC(=O)C1=C(C)C2C3CC(C(C(=O)O)C3CC(=O)O)C12.O=C(O)C1=C(C(=O)O)C2C3CC(C4CC(O)C(O)C43)C12.O=C(O)C1C2CC(C1C(=O)O)C1C(O)C(O)CC21.O=C(O)C1C2CC3C(OC(=O)C31)C2O.O=C(O)C1C2OC3C(OC(=O)C31)C2O.O=C=O.O=COC1=C(C(=O)O)C2C3CC(C(CC(=O)O)C3C(=O)O)C12. The Labute approximate surface area is 630 Å². The minimum absolute atomic E-state index is 0.0105. The summed E-state index contributed by atoms with van der Waals surface area (Å²) in [5.41, 5.74) is 1.63. The second kappa shape index (κ2) is 29.4. The first-order chi connectivity index (χ1) is 52.8. The third kappa shape index (κ3) is 12.0. The summed E-state index contributed by atoms with van der Waals surface area (Å²) in [5.74, 6) is -23.2. The zero-order valence-electron chi connectivity index (χ0n) is 59.1. The topological polar surface area (TPSA) is 680 Å². The van der Waals surface area contributed by atoms with Crippen molar-refractivity contribution in [2.45, 2.75) is 126 Å². The van der Waals surface area contributed by atoms with Crippen molar-refractivity contribution in [1.82, 2.24) is 0 Å². The van der Waals surface area contributed by atoms with E-state index in [-0.39, 0.29) is 166 Å². The number of ether oxygens (including phenoxy) is 5. The van der Waals surface area contributed by atoms with Crippen molar-refractivity contribution in [1.29, 1.82) is 0 Å². The number of fused-ring (bicyclic) bond motifs is 25. The van der Waals surface area contributed by atoms with Gasteiger partial charge in [-0.15, -0.1) is 0 Å².